The number of hydrogen-bond acceptors (Lipinski definition) is 3. The third kappa shape index (κ3) is 4.32. The van der Waals surface area contributed by atoms with E-state index in [2.05, 4.69) is 10.6 Å². The van der Waals surface area contributed by atoms with Crippen molar-refractivity contribution < 1.29 is 9.18 Å². The van der Waals surface area contributed by atoms with Crippen LogP contribution in [-0.2, 0) is 4.79 Å². The van der Waals surface area contributed by atoms with Crippen LogP contribution in [0.5, 0.6) is 0 Å². The highest BCUT2D eigenvalue weighted by atomic mass is 19.1. The van der Waals surface area contributed by atoms with E-state index in [9.17, 15) is 9.18 Å². The van der Waals surface area contributed by atoms with Crippen LogP contribution in [-0.4, -0.2) is 12.5 Å². The van der Waals surface area contributed by atoms with Crippen molar-refractivity contribution in [2.24, 2.45) is 0 Å². The van der Waals surface area contributed by atoms with Gasteiger partial charge >= 0.3 is 0 Å². The molecule has 2 aromatic rings. The highest BCUT2D eigenvalue weighted by Gasteiger charge is 2.05. The van der Waals surface area contributed by atoms with Crippen LogP contribution in [0.15, 0.2) is 48.5 Å². The Labute approximate surface area is 122 Å². The number of benzene rings is 2. The molecule has 0 saturated carbocycles. The number of anilines is 2. The third-order valence-electron chi connectivity index (χ3n) is 2.82. The fourth-order valence-electron chi connectivity index (χ4n) is 1.79. The van der Waals surface area contributed by atoms with E-state index >= 15 is 0 Å². The summed E-state index contributed by atoms with van der Waals surface area (Å²) in [5, 5.41) is 14.3. The van der Waals surface area contributed by atoms with E-state index < -0.39 is 5.82 Å². The average Bonchev–Trinajstić information content (AvgIpc) is 2.50. The van der Waals surface area contributed by atoms with E-state index in [-0.39, 0.29) is 18.0 Å². The van der Waals surface area contributed by atoms with Crippen molar-refractivity contribution in [1.82, 2.24) is 0 Å². The summed E-state index contributed by atoms with van der Waals surface area (Å²) in [6, 6.07) is 15.1. The Balaban J connectivity index is 1.82. The summed E-state index contributed by atoms with van der Waals surface area (Å²) >= 11 is 0. The van der Waals surface area contributed by atoms with Gasteiger partial charge in [-0.25, -0.2) is 4.39 Å². The SMILES string of the molecule is N#Cc1cccc(NCCC(=O)Nc2ccccc2F)c1. The van der Waals surface area contributed by atoms with E-state index in [1.165, 1.54) is 12.1 Å². The molecule has 0 saturated heterocycles. The predicted molar refractivity (Wildman–Crippen MR) is 79.3 cm³/mol. The van der Waals surface area contributed by atoms with Gasteiger partial charge < -0.3 is 10.6 Å². The fraction of sp³-hybridized carbons (Fsp3) is 0.125. The number of amides is 1. The summed E-state index contributed by atoms with van der Waals surface area (Å²) in [4.78, 5) is 11.7. The number of carbonyl (C=O) groups excluding carboxylic acids is 1. The summed E-state index contributed by atoms with van der Waals surface area (Å²) in [7, 11) is 0. The Hall–Kier alpha value is -2.87. The van der Waals surface area contributed by atoms with E-state index in [1.54, 1.807) is 30.3 Å². The van der Waals surface area contributed by atoms with Gasteiger partial charge in [0.25, 0.3) is 0 Å². The smallest absolute Gasteiger partial charge is 0.226 e. The van der Waals surface area contributed by atoms with Gasteiger partial charge in [0.2, 0.25) is 5.91 Å². The first-order valence-corrected chi connectivity index (χ1v) is 6.47. The first kappa shape index (κ1) is 14.5. The summed E-state index contributed by atoms with van der Waals surface area (Å²) in [6.45, 7) is 0.398. The number of para-hydroxylation sites is 1. The van der Waals surface area contributed by atoms with Crippen molar-refractivity contribution in [2.75, 3.05) is 17.2 Å². The lowest BCUT2D eigenvalue weighted by molar-refractivity contribution is -0.116. The molecule has 2 aromatic carbocycles. The number of nitrogens with zero attached hydrogens (tertiary/aromatic N) is 1. The minimum absolute atomic E-state index is 0.175. The lowest BCUT2D eigenvalue weighted by atomic mass is 10.2. The second-order valence-corrected chi connectivity index (χ2v) is 4.40. The van der Waals surface area contributed by atoms with Crippen molar-refractivity contribution in [2.45, 2.75) is 6.42 Å². The molecule has 0 fully saturated rings. The molecule has 4 nitrogen and oxygen atoms in total. The first-order chi connectivity index (χ1) is 10.2. The maximum Gasteiger partial charge on any atom is 0.226 e. The summed E-state index contributed by atoms with van der Waals surface area (Å²) < 4.78 is 13.4. The van der Waals surface area contributed by atoms with Crippen LogP contribution in [0.1, 0.15) is 12.0 Å². The predicted octanol–water partition coefficient (Wildman–Crippen LogP) is 3.14. The second kappa shape index (κ2) is 7.06. The van der Waals surface area contributed by atoms with E-state index in [4.69, 9.17) is 5.26 Å². The van der Waals surface area contributed by atoms with Gasteiger partial charge in [0.1, 0.15) is 5.82 Å². The molecule has 0 aliphatic rings. The largest absolute Gasteiger partial charge is 0.384 e. The minimum Gasteiger partial charge on any atom is -0.384 e. The number of nitrogens with one attached hydrogen (secondary N) is 2. The van der Waals surface area contributed by atoms with Crippen LogP contribution in [0.4, 0.5) is 15.8 Å². The number of rotatable bonds is 5. The quantitative estimate of drug-likeness (QED) is 0.886. The Morgan fingerprint density at radius 1 is 1.19 bits per heavy atom. The molecule has 0 atom stereocenters. The first-order valence-electron chi connectivity index (χ1n) is 6.47. The van der Waals surface area contributed by atoms with Crippen LogP contribution in [0.3, 0.4) is 0 Å². The summed E-state index contributed by atoms with van der Waals surface area (Å²) in [5.41, 5.74) is 1.50. The number of carbonyl (C=O) groups is 1. The van der Waals surface area contributed by atoms with Gasteiger partial charge in [-0.05, 0) is 30.3 Å². The zero-order chi connectivity index (χ0) is 15.1. The van der Waals surface area contributed by atoms with Gasteiger partial charge in [-0.15, -0.1) is 0 Å². The van der Waals surface area contributed by atoms with Crippen molar-refractivity contribution >= 4 is 17.3 Å². The van der Waals surface area contributed by atoms with Gasteiger partial charge in [0.05, 0.1) is 17.3 Å². The monoisotopic (exact) mass is 283 g/mol. The van der Waals surface area contributed by atoms with E-state index in [0.29, 0.717) is 12.1 Å². The molecule has 2 N–H and O–H groups in total. The molecule has 0 heterocycles. The molecule has 0 aliphatic carbocycles. The van der Waals surface area contributed by atoms with Crippen LogP contribution in [0.25, 0.3) is 0 Å². The standard InChI is InChI=1S/C16H14FN3O/c17-14-6-1-2-7-15(14)20-16(21)8-9-19-13-5-3-4-12(10-13)11-18/h1-7,10,19H,8-9H2,(H,20,21). The van der Waals surface area contributed by atoms with Crippen LogP contribution in [0, 0.1) is 17.1 Å². The Morgan fingerprint density at radius 2 is 2.00 bits per heavy atom. The fourth-order valence-corrected chi connectivity index (χ4v) is 1.79. The van der Waals surface area contributed by atoms with Crippen molar-refractivity contribution in [3.05, 3.63) is 59.9 Å². The third-order valence-corrected chi connectivity index (χ3v) is 2.82. The maximum absolute atomic E-state index is 13.4. The van der Waals surface area contributed by atoms with Crippen LogP contribution < -0.4 is 10.6 Å². The van der Waals surface area contributed by atoms with Gasteiger partial charge in [0.15, 0.2) is 0 Å². The molecule has 21 heavy (non-hydrogen) atoms. The molecule has 0 unspecified atom stereocenters. The molecular formula is C16H14FN3O. The van der Waals surface area contributed by atoms with Gasteiger partial charge in [0, 0.05) is 18.7 Å². The highest BCUT2D eigenvalue weighted by molar-refractivity contribution is 5.91. The molecule has 2 rings (SSSR count). The molecule has 0 aliphatic heterocycles. The number of hydrogen-bond donors (Lipinski definition) is 2. The molecular weight excluding hydrogens is 269 g/mol. The van der Waals surface area contributed by atoms with Crippen molar-refractivity contribution in [3.8, 4) is 6.07 Å². The second-order valence-electron chi connectivity index (χ2n) is 4.40. The highest BCUT2D eigenvalue weighted by Crippen LogP contribution is 2.13. The molecule has 5 heteroatoms. The number of halogens is 1. The maximum atomic E-state index is 13.4. The number of nitriles is 1. The molecule has 0 bridgehead atoms. The normalized spacial score (nSPS) is 9.71. The Bertz CT molecular complexity index is 679. The zero-order valence-corrected chi connectivity index (χ0v) is 11.3. The molecule has 0 aromatic heterocycles. The van der Waals surface area contributed by atoms with E-state index in [0.717, 1.165) is 5.69 Å². The van der Waals surface area contributed by atoms with Crippen LogP contribution in [0.2, 0.25) is 0 Å². The lowest BCUT2D eigenvalue weighted by Gasteiger charge is -2.08. The average molecular weight is 283 g/mol. The molecule has 1 amide bonds. The van der Waals surface area contributed by atoms with Gasteiger partial charge in [-0.2, -0.15) is 5.26 Å². The van der Waals surface area contributed by atoms with Crippen molar-refractivity contribution in [3.63, 3.8) is 0 Å². The van der Waals surface area contributed by atoms with Crippen molar-refractivity contribution in [1.29, 1.82) is 5.26 Å². The molecule has 0 spiro atoms. The lowest BCUT2D eigenvalue weighted by Crippen LogP contribution is -2.16. The Morgan fingerprint density at radius 3 is 2.76 bits per heavy atom. The van der Waals surface area contributed by atoms with Gasteiger partial charge in [-0.1, -0.05) is 18.2 Å². The van der Waals surface area contributed by atoms with E-state index in [1.807, 2.05) is 12.1 Å². The van der Waals surface area contributed by atoms with Gasteiger partial charge in [-0.3, -0.25) is 4.79 Å². The topological polar surface area (TPSA) is 64.9 Å². The Kier molecular flexibility index (Phi) is 4.89. The molecule has 106 valence electrons. The van der Waals surface area contributed by atoms with Crippen LogP contribution >= 0.6 is 0 Å². The molecule has 0 radical (unpaired) electrons. The summed E-state index contributed by atoms with van der Waals surface area (Å²) in [6.07, 6.45) is 0.200. The minimum atomic E-state index is -0.458. The summed E-state index contributed by atoms with van der Waals surface area (Å²) in [5.74, 6) is -0.732. The zero-order valence-electron chi connectivity index (χ0n) is 11.3.